The van der Waals surface area contributed by atoms with E-state index in [1.807, 2.05) is 61.2 Å². The van der Waals surface area contributed by atoms with Gasteiger partial charge in [0.15, 0.2) is 0 Å². The SMILES string of the molecule is CC[C@H](C)[C@@H](CN(CC(=O)N[C@@H](CCOC)C(=O)O)Cc1cccc2ccccc12)NC(=O)[C@@H]1CCC(=O)N1. The smallest absolute Gasteiger partial charge is 0.326 e. The molecule has 4 atom stereocenters. The number of ether oxygens (including phenoxy) is 1. The summed E-state index contributed by atoms with van der Waals surface area (Å²) in [6.07, 6.45) is 1.74. The molecule has 2 aromatic rings. The summed E-state index contributed by atoms with van der Waals surface area (Å²) >= 11 is 0. The minimum Gasteiger partial charge on any atom is -0.480 e. The third-order valence-corrected chi connectivity index (χ3v) is 7.31. The van der Waals surface area contributed by atoms with Gasteiger partial charge in [0, 0.05) is 45.7 Å². The molecule has 0 unspecified atom stereocenters. The van der Waals surface area contributed by atoms with E-state index in [2.05, 4.69) is 16.0 Å². The van der Waals surface area contributed by atoms with Crippen LogP contribution in [0.4, 0.5) is 0 Å². The predicted molar refractivity (Wildman–Crippen MR) is 148 cm³/mol. The number of benzene rings is 2. The van der Waals surface area contributed by atoms with Gasteiger partial charge >= 0.3 is 5.97 Å². The van der Waals surface area contributed by atoms with Crippen molar-refractivity contribution >= 4 is 34.5 Å². The van der Waals surface area contributed by atoms with E-state index in [4.69, 9.17) is 4.74 Å². The highest BCUT2D eigenvalue weighted by Gasteiger charge is 2.31. The lowest BCUT2D eigenvalue weighted by Crippen LogP contribution is -2.53. The van der Waals surface area contributed by atoms with Gasteiger partial charge in [-0.1, -0.05) is 62.7 Å². The lowest BCUT2D eigenvalue weighted by atomic mass is 9.97. The number of fused-ring (bicyclic) bond motifs is 1. The van der Waals surface area contributed by atoms with Crippen molar-refractivity contribution in [2.45, 2.75) is 64.2 Å². The predicted octanol–water partition coefficient (Wildman–Crippen LogP) is 2.06. The van der Waals surface area contributed by atoms with E-state index in [0.717, 1.165) is 22.8 Å². The zero-order valence-corrected chi connectivity index (χ0v) is 22.9. The molecule has 2 aromatic carbocycles. The largest absolute Gasteiger partial charge is 0.480 e. The van der Waals surface area contributed by atoms with Crippen LogP contribution in [0, 0.1) is 5.92 Å². The second kappa shape index (κ2) is 14.6. The Kier molecular flexibility index (Phi) is 11.2. The molecule has 3 rings (SSSR count). The second-order valence-electron chi connectivity index (χ2n) is 10.2. The van der Waals surface area contributed by atoms with Gasteiger partial charge < -0.3 is 25.8 Å². The molecule has 0 aliphatic carbocycles. The normalized spacial score (nSPS) is 17.4. The quantitative estimate of drug-likeness (QED) is 0.271. The van der Waals surface area contributed by atoms with Crippen LogP contribution in [0.3, 0.4) is 0 Å². The molecule has 10 nitrogen and oxygen atoms in total. The number of carboxylic acid groups (broad SMARTS) is 1. The highest BCUT2D eigenvalue weighted by molar-refractivity contribution is 5.91. The number of amides is 3. The lowest BCUT2D eigenvalue weighted by Gasteiger charge is -2.32. The summed E-state index contributed by atoms with van der Waals surface area (Å²) in [5, 5.41) is 20.1. The van der Waals surface area contributed by atoms with Gasteiger partial charge in [0.05, 0.1) is 6.54 Å². The van der Waals surface area contributed by atoms with Gasteiger partial charge in [0.2, 0.25) is 17.7 Å². The maximum atomic E-state index is 13.1. The zero-order chi connectivity index (χ0) is 28.4. The van der Waals surface area contributed by atoms with E-state index < -0.39 is 24.0 Å². The first-order valence-electron chi connectivity index (χ1n) is 13.5. The molecule has 1 saturated heterocycles. The van der Waals surface area contributed by atoms with Crippen LogP contribution in [0.15, 0.2) is 42.5 Å². The number of nitrogens with one attached hydrogen (secondary N) is 3. The average Bonchev–Trinajstić information content (AvgIpc) is 3.36. The summed E-state index contributed by atoms with van der Waals surface area (Å²) in [6.45, 7) is 5.02. The third kappa shape index (κ3) is 8.76. The van der Waals surface area contributed by atoms with E-state index in [9.17, 15) is 24.3 Å². The van der Waals surface area contributed by atoms with E-state index >= 15 is 0 Å². The molecule has 0 saturated carbocycles. The Morgan fingerprint density at radius 3 is 2.56 bits per heavy atom. The molecule has 0 aromatic heterocycles. The monoisotopic (exact) mass is 540 g/mol. The highest BCUT2D eigenvalue weighted by Crippen LogP contribution is 2.21. The first kappa shape index (κ1) is 30.0. The number of rotatable bonds is 15. The molecule has 212 valence electrons. The first-order valence-corrected chi connectivity index (χ1v) is 13.5. The van der Waals surface area contributed by atoms with Gasteiger partial charge in [-0.15, -0.1) is 0 Å². The number of aliphatic carboxylic acids is 1. The molecule has 4 N–H and O–H groups in total. The standard InChI is InChI=1S/C29H40N4O6/c1-4-19(2)25(32-28(36)23-12-13-26(34)30-23)17-33(18-27(35)31-24(29(37)38)14-15-39-3)16-21-10-7-9-20-8-5-6-11-22(20)21/h5-11,19,23-25H,4,12-18H2,1-3H3,(H,30,34)(H,31,35)(H,32,36)(H,37,38)/t19-,23-,24-,25+/m0/s1. The van der Waals surface area contributed by atoms with E-state index in [1.54, 1.807) is 0 Å². The van der Waals surface area contributed by atoms with Gasteiger partial charge in [0.1, 0.15) is 12.1 Å². The number of methoxy groups -OCH3 is 1. The van der Waals surface area contributed by atoms with Gasteiger partial charge in [0.25, 0.3) is 0 Å². The summed E-state index contributed by atoms with van der Waals surface area (Å²) in [5.74, 6) is -1.81. The van der Waals surface area contributed by atoms with Crippen molar-refractivity contribution in [3.63, 3.8) is 0 Å². The second-order valence-corrected chi connectivity index (χ2v) is 10.2. The Morgan fingerprint density at radius 2 is 1.90 bits per heavy atom. The molecule has 0 spiro atoms. The minimum absolute atomic E-state index is 0.0526. The van der Waals surface area contributed by atoms with Crippen molar-refractivity contribution in [2.75, 3.05) is 26.8 Å². The van der Waals surface area contributed by atoms with Crippen molar-refractivity contribution < 1.29 is 29.0 Å². The minimum atomic E-state index is -1.12. The maximum Gasteiger partial charge on any atom is 0.326 e. The molecule has 3 amide bonds. The fraction of sp³-hybridized carbons (Fsp3) is 0.517. The summed E-state index contributed by atoms with van der Waals surface area (Å²) in [6, 6.07) is 12.1. The summed E-state index contributed by atoms with van der Waals surface area (Å²) in [4.78, 5) is 51.3. The van der Waals surface area contributed by atoms with Crippen molar-refractivity contribution in [3.05, 3.63) is 48.0 Å². The first-order chi connectivity index (χ1) is 18.7. The molecular weight excluding hydrogens is 500 g/mol. The van der Waals surface area contributed by atoms with Crippen molar-refractivity contribution in [3.8, 4) is 0 Å². The number of carbonyl (C=O) groups excluding carboxylic acids is 3. The third-order valence-electron chi connectivity index (χ3n) is 7.31. The van der Waals surface area contributed by atoms with Crippen LogP contribution in [0.1, 0.15) is 45.1 Å². The summed E-state index contributed by atoms with van der Waals surface area (Å²) < 4.78 is 4.99. The molecule has 1 aliphatic heterocycles. The molecule has 0 radical (unpaired) electrons. The van der Waals surface area contributed by atoms with Gasteiger partial charge in [-0.05, 0) is 28.7 Å². The number of hydrogen-bond acceptors (Lipinski definition) is 6. The average molecular weight is 541 g/mol. The molecule has 39 heavy (non-hydrogen) atoms. The maximum absolute atomic E-state index is 13.1. The van der Waals surface area contributed by atoms with E-state index in [-0.39, 0.29) is 43.3 Å². The summed E-state index contributed by atoms with van der Waals surface area (Å²) in [5.41, 5.74) is 1.02. The van der Waals surface area contributed by atoms with Crippen LogP contribution in [-0.2, 0) is 30.5 Å². The van der Waals surface area contributed by atoms with Gasteiger partial charge in [-0.25, -0.2) is 4.79 Å². The topological polar surface area (TPSA) is 137 Å². The van der Waals surface area contributed by atoms with E-state index in [1.165, 1.54) is 7.11 Å². The van der Waals surface area contributed by atoms with Crippen LogP contribution >= 0.6 is 0 Å². The number of carboxylic acids is 1. The molecular formula is C29H40N4O6. The van der Waals surface area contributed by atoms with Crippen molar-refractivity contribution in [1.29, 1.82) is 0 Å². The van der Waals surface area contributed by atoms with Crippen molar-refractivity contribution in [1.82, 2.24) is 20.9 Å². The van der Waals surface area contributed by atoms with Gasteiger partial charge in [-0.3, -0.25) is 19.3 Å². The number of nitrogens with zero attached hydrogens (tertiary/aromatic N) is 1. The van der Waals surface area contributed by atoms with Crippen LogP contribution in [0.2, 0.25) is 0 Å². The molecule has 10 heteroatoms. The Labute approximate surface area is 229 Å². The zero-order valence-electron chi connectivity index (χ0n) is 22.9. The van der Waals surface area contributed by atoms with E-state index in [0.29, 0.717) is 25.9 Å². The van der Waals surface area contributed by atoms with Gasteiger partial charge in [-0.2, -0.15) is 0 Å². The molecule has 0 bridgehead atoms. The fourth-order valence-corrected chi connectivity index (χ4v) is 4.82. The number of hydrogen-bond donors (Lipinski definition) is 4. The lowest BCUT2D eigenvalue weighted by molar-refractivity contribution is -0.142. The van der Waals surface area contributed by atoms with Crippen LogP contribution in [0.25, 0.3) is 10.8 Å². The highest BCUT2D eigenvalue weighted by atomic mass is 16.5. The molecule has 1 heterocycles. The summed E-state index contributed by atoms with van der Waals surface area (Å²) in [7, 11) is 1.48. The van der Waals surface area contributed by atoms with Crippen LogP contribution in [0.5, 0.6) is 0 Å². The van der Waals surface area contributed by atoms with Crippen LogP contribution in [-0.4, -0.2) is 78.6 Å². The molecule has 1 aliphatic rings. The Balaban J connectivity index is 1.82. The number of carbonyl (C=O) groups is 4. The fourth-order valence-electron chi connectivity index (χ4n) is 4.82. The van der Waals surface area contributed by atoms with Crippen LogP contribution < -0.4 is 16.0 Å². The Hall–Kier alpha value is -3.50. The Bertz CT molecular complexity index is 1150. The molecule has 1 fully saturated rings. The Morgan fingerprint density at radius 1 is 1.15 bits per heavy atom. The van der Waals surface area contributed by atoms with Crippen molar-refractivity contribution in [2.24, 2.45) is 5.92 Å².